The van der Waals surface area contributed by atoms with Crippen molar-refractivity contribution in [2.75, 3.05) is 0 Å². The van der Waals surface area contributed by atoms with Crippen LogP contribution in [0.25, 0.3) is 0 Å². The Kier molecular flexibility index (Phi) is 2.26. The Bertz CT molecular complexity index is 528. The van der Waals surface area contributed by atoms with Crippen LogP contribution in [0.5, 0.6) is 0 Å². The number of ether oxygens (including phenoxy) is 1. The van der Waals surface area contributed by atoms with Crippen molar-refractivity contribution in [1.29, 1.82) is 0 Å². The molecule has 0 atom stereocenters. The van der Waals surface area contributed by atoms with Crippen LogP contribution >= 0.6 is 0 Å². The van der Waals surface area contributed by atoms with Gasteiger partial charge in [0.25, 0.3) is 0 Å². The Morgan fingerprint density at radius 2 is 1.95 bits per heavy atom. The van der Waals surface area contributed by atoms with E-state index < -0.39 is 12.5 Å². The first-order chi connectivity index (χ1) is 9.27. The minimum atomic E-state index is -4.53. The van der Waals surface area contributed by atoms with Gasteiger partial charge in [0.15, 0.2) is 0 Å². The first kappa shape index (κ1) is 12.6. The summed E-state index contributed by atoms with van der Waals surface area (Å²) in [4.78, 5) is 0. The van der Waals surface area contributed by atoms with Crippen molar-refractivity contribution in [3.8, 4) is 0 Å². The van der Waals surface area contributed by atoms with Gasteiger partial charge in [-0.2, -0.15) is 5.10 Å². The van der Waals surface area contributed by atoms with Crippen LogP contribution in [-0.4, -0.2) is 27.8 Å². The molecule has 4 fully saturated rings. The van der Waals surface area contributed by atoms with E-state index in [9.17, 15) is 13.2 Å². The molecule has 0 aromatic carbocycles. The Hall–Kier alpha value is -1.08. The number of halogens is 3. The van der Waals surface area contributed by atoms with Gasteiger partial charge in [0, 0.05) is 11.7 Å². The number of nitrogens with zero attached hydrogens (tertiary/aromatic N) is 2. The van der Waals surface area contributed by atoms with E-state index in [2.05, 4.69) is 9.84 Å². The van der Waals surface area contributed by atoms with Crippen LogP contribution in [-0.2, 0) is 10.3 Å². The fourth-order valence-electron chi connectivity index (χ4n) is 3.98. The molecular formula is C13H16F3N3O. The predicted octanol–water partition coefficient (Wildman–Crippen LogP) is 2.26. The lowest BCUT2D eigenvalue weighted by atomic mass is 9.44. The quantitative estimate of drug-likeness (QED) is 0.927. The lowest BCUT2D eigenvalue weighted by Gasteiger charge is -2.68. The maximum Gasteiger partial charge on any atom is 0.522 e. The van der Waals surface area contributed by atoms with Crippen molar-refractivity contribution < 1.29 is 17.9 Å². The molecule has 4 aliphatic rings. The molecule has 110 valence electrons. The summed E-state index contributed by atoms with van der Waals surface area (Å²) in [5, 5.41) is 4.38. The molecule has 4 aliphatic carbocycles. The van der Waals surface area contributed by atoms with Crippen molar-refractivity contribution in [1.82, 2.24) is 9.78 Å². The summed E-state index contributed by atoms with van der Waals surface area (Å²) >= 11 is 0. The van der Waals surface area contributed by atoms with Crippen LogP contribution in [0, 0.1) is 0 Å². The molecule has 0 aliphatic heterocycles. The van der Waals surface area contributed by atoms with Gasteiger partial charge in [0.2, 0.25) is 0 Å². The number of alkyl halides is 3. The molecule has 4 nitrogen and oxygen atoms in total. The van der Waals surface area contributed by atoms with Crippen LogP contribution in [0.2, 0.25) is 0 Å². The van der Waals surface area contributed by atoms with E-state index in [-0.39, 0.29) is 17.0 Å². The predicted molar refractivity (Wildman–Crippen MR) is 63.9 cm³/mol. The van der Waals surface area contributed by atoms with Crippen molar-refractivity contribution in [3.05, 3.63) is 18.0 Å². The summed E-state index contributed by atoms with van der Waals surface area (Å²) in [5.41, 5.74) is 7.16. The number of hydrogen-bond acceptors (Lipinski definition) is 3. The molecular weight excluding hydrogens is 271 g/mol. The third-order valence-corrected chi connectivity index (χ3v) is 5.00. The molecule has 0 amide bonds. The first-order valence-electron chi connectivity index (χ1n) is 6.86. The monoisotopic (exact) mass is 287 g/mol. The van der Waals surface area contributed by atoms with E-state index in [4.69, 9.17) is 5.73 Å². The van der Waals surface area contributed by atoms with Crippen LogP contribution in [0.3, 0.4) is 0 Å². The van der Waals surface area contributed by atoms with Gasteiger partial charge in [-0.25, -0.2) is 0 Å². The molecule has 4 saturated carbocycles. The molecule has 0 spiro atoms. The van der Waals surface area contributed by atoms with Crippen molar-refractivity contribution in [2.45, 2.75) is 61.6 Å². The highest BCUT2D eigenvalue weighted by Crippen LogP contribution is 2.63. The van der Waals surface area contributed by atoms with E-state index in [1.165, 1.54) is 0 Å². The highest BCUT2D eigenvalue weighted by molar-refractivity contribution is 5.27. The summed E-state index contributed by atoms with van der Waals surface area (Å²) in [6.07, 6.45) is 2.25. The number of aromatic nitrogens is 2. The SMILES string of the molecule is NC12CC(n3cc([C@H]4C[C@@H](OC(F)(F)F)C4)cn3)(C1)C2. The minimum absolute atomic E-state index is 0.0221. The van der Waals surface area contributed by atoms with Gasteiger partial charge < -0.3 is 5.73 Å². The third kappa shape index (κ3) is 1.79. The maximum absolute atomic E-state index is 12.1. The minimum Gasteiger partial charge on any atom is -0.325 e. The second kappa shape index (κ2) is 3.57. The number of rotatable bonds is 3. The molecule has 0 unspecified atom stereocenters. The molecule has 2 N–H and O–H groups in total. The summed E-state index contributed by atoms with van der Waals surface area (Å²) in [5.74, 6) is 0.135. The molecule has 1 heterocycles. The molecule has 20 heavy (non-hydrogen) atoms. The zero-order chi connectivity index (χ0) is 14.2. The molecule has 1 aromatic heterocycles. The standard InChI is InChI=1S/C13H16F3N3O/c14-13(15,16)20-10-1-8(2-10)9-3-18-19(4-9)12-5-11(17,6-12)7-12/h3-4,8,10H,1-2,5-7,17H2/t8-,10+,11?,12?. The molecule has 0 saturated heterocycles. The largest absolute Gasteiger partial charge is 0.522 e. The summed E-state index contributed by atoms with van der Waals surface area (Å²) in [6.45, 7) is 0. The fraction of sp³-hybridized carbons (Fsp3) is 0.769. The lowest BCUT2D eigenvalue weighted by molar-refractivity contribution is -0.351. The zero-order valence-corrected chi connectivity index (χ0v) is 10.9. The van der Waals surface area contributed by atoms with Crippen LogP contribution in [0.1, 0.15) is 43.6 Å². The van der Waals surface area contributed by atoms with Gasteiger partial charge in [-0.3, -0.25) is 9.42 Å². The zero-order valence-electron chi connectivity index (χ0n) is 10.9. The second-order valence-corrected chi connectivity index (χ2v) is 6.69. The van der Waals surface area contributed by atoms with Gasteiger partial charge in [0.05, 0.1) is 17.8 Å². The normalized spacial score (nSPS) is 42.6. The third-order valence-electron chi connectivity index (χ3n) is 5.00. The van der Waals surface area contributed by atoms with Gasteiger partial charge >= 0.3 is 6.36 Å². The van der Waals surface area contributed by atoms with Gasteiger partial charge in [0.1, 0.15) is 0 Å². The summed E-state index contributed by atoms with van der Waals surface area (Å²) < 4.78 is 42.2. The maximum atomic E-state index is 12.1. The number of hydrogen-bond donors (Lipinski definition) is 1. The van der Waals surface area contributed by atoms with Gasteiger partial charge in [-0.15, -0.1) is 13.2 Å². The average molecular weight is 287 g/mol. The van der Waals surface area contributed by atoms with Crippen molar-refractivity contribution in [2.24, 2.45) is 5.73 Å². The summed E-state index contributed by atoms with van der Waals surface area (Å²) in [6, 6.07) is 0. The highest BCUT2D eigenvalue weighted by atomic mass is 19.4. The highest BCUT2D eigenvalue weighted by Gasteiger charge is 2.67. The Balaban J connectivity index is 1.37. The molecule has 2 bridgehead atoms. The Labute approximate surface area is 114 Å². The molecule has 5 rings (SSSR count). The van der Waals surface area contributed by atoms with E-state index in [1.807, 2.05) is 10.9 Å². The van der Waals surface area contributed by atoms with E-state index >= 15 is 0 Å². The van der Waals surface area contributed by atoms with Crippen LogP contribution < -0.4 is 5.73 Å². The smallest absolute Gasteiger partial charge is 0.325 e. The van der Waals surface area contributed by atoms with E-state index in [1.54, 1.807) is 6.20 Å². The lowest BCUT2D eigenvalue weighted by Crippen LogP contribution is -2.76. The fourth-order valence-corrected chi connectivity index (χ4v) is 3.98. The van der Waals surface area contributed by atoms with E-state index in [0.29, 0.717) is 12.8 Å². The van der Waals surface area contributed by atoms with Crippen molar-refractivity contribution >= 4 is 0 Å². The van der Waals surface area contributed by atoms with E-state index in [0.717, 1.165) is 24.8 Å². The average Bonchev–Trinajstić information content (AvgIpc) is 2.64. The van der Waals surface area contributed by atoms with Crippen molar-refractivity contribution in [3.63, 3.8) is 0 Å². The first-order valence-corrected chi connectivity index (χ1v) is 6.86. The Morgan fingerprint density at radius 1 is 1.30 bits per heavy atom. The van der Waals surface area contributed by atoms with Crippen LogP contribution in [0.4, 0.5) is 13.2 Å². The molecule has 7 heteroatoms. The van der Waals surface area contributed by atoms with Gasteiger partial charge in [-0.1, -0.05) is 0 Å². The Morgan fingerprint density at radius 3 is 2.50 bits per heavy atom. The summed E-state index contributed by atoms with van der Waals surface area (Å²) in [7, 11) is 0. The van der Waals surface area contributed by atoms with Gasteiger partial charge in [-0.05, 0) is 43.6 Å². The second-order valence-electron chi connectivity index (χ2n) is 6.69. The molecule has 0 radical (unpaired) electrons. The number of nitrogens with two attached hydrogens (primary N) is 1. The topological polar surface area (TPSA) is 53.1 Å². The van der Waals surface area contributed by atoms with Crippen LogP contribution in [0.15, 0.2) is 12.4 Å². The molecule has 1 aromatic rings.